The Morgan fingerprint density at radius 2 is 2.24 bits per heavy atom. The lowest BCUT2D eigenvalue weighted by molar-refractivity contribution is 0.0950. The summed E-state index contributed by atoms with van der Waals surface area (Å²) in [6.07, 6.45) is 2.57. The number of rotatable bonds is 4. The van der Waals surface area contributed by atoms with E-state index >= 15 is 0 Å². The van der Waals surface area contributed by atoms with Gasteiger partial charge in [-0.2, -0.15) is 0 Å². The number of nitrogen functional groups attached to an aromatic ring is 1. The van der Waals surface area contributed by atoms with E-state index in [0.29, 0.717) is 23.7 Å². The highest BCUT2D eigenvalue weighted by Crippen LogP contribution is 2.34. The predicted molar refractivity (Wildman–Crippen MR) is 82.0 cm³/mol. The quantitative estimate of drug-likeness (QED) is 0.589. The summed E-state index contributed by atoms with van der Waals surface area (Å²) in [6.45, 7) is 2.49. The van der Waals surface area contributed by atoms with Crippen LogP contribution in [0.15, 0.2) is 36.5 Å². The standard InChI is InChI=1S/C16H18N4O/c1-10-6-15(20-17)14(9-18-10)16(21)19-8-12-7-11-4-2-3-5-13(11)12/h2-6,9,12H,7-8,17H2,1H3,(H,18,20)(H,19,21). The molecule has 0 bridgehead atoms. The van der Waals surface area contributed by atoms with Gasteiger partial charge in [0.25, 0.3) is 5.91 Å². The van der Waals surface area contributed by atoms with Gasteiger partial charge in [0.15, 0.2) is 0 Å². The molecule has 0 saturated carbocycles. The van der Waals surface area contributed by atoms with Crippen molar-refractivity contribution >= 4 is 11.6 Å². The van der Waals surface area contributed by atoms with E-state index in [1.165, 1.54) is 11.1 Å². The second kappa shape index (κ2) is 5.54. The predicted octanol–water partition coefficient (Wildman–Crippen LogP) is 1.75. The first kappa shape index (κ1) is 13.6. The van der Waals surface area contributed by atoms with Crippen LogP contribution in [0.3, 0.4) is 0 Å². The average Bonchev–Trinajstić information content (AvgIpc) is 2.47. The number of carbonyl (C=O) groups excluding carboxylic acids is 1. The Balaban J connectivity index is 1.66. The molecule has 1 aromatic carbocycles. The number of hydrazine groups is 1. The third-order valence-electron chi connectivity index (χ3n) is 3.91. The highest BCUT2D eigenvalue weighted by Gasteiger charge is 2.25. The van der Waals surface area contributed by atoms with Gasteiger partial charge < -0.3 is 10.7 Å². The van der Waals surface area contributed by atoms with Crippen LogP contribution in [0, 0.1) is 6.92 Å². The molecular formula is C16H18N4O. The summed E-state index contributed by atoms with van der Waals surface area (Å²) in [5.41, 5.74) is 7.12. The van der Waals surface area contributed by atoms with Crippen molar-refractivity contribution in [3.05, 3.63) is 58.9 Å². The molecule has 1 heterocycles. The summed E-state index contributed by atoms with van der Waals surface area (Å²) in [7, 11) is 0. The summed E-state index contributed by atoms with van der Waals surface area (Å²) >= 11 is 0. The second-order valence-electron chi connectivity index (χ2n) is 5.33. The van der Waals surface area contributed by atoms with Crippen molar-refractivity contribution in [3.8, 4) is 0 Å². The number of nitrogens with zero attached hydrogens (tertiary/aromatic N) is 1. The minimum Gasteiger partial charge on any atom is -0.351 e. The minimum atomic E-state index is -0.153. The molecule has 5 heteroatoms. The number of carbonyl (C=O) groups is 1. The van der Waals surface area contributed by atoms with Crippen molar-refractivity contribution in [2.45, 2.75) is 19.3 Å². The monoisotopic (exact) mass is 282 g/mol. The lowest BCUT2D eigenvalue weighted by Crippen LogP contribution is -2.33. The van der Waals surface area contributed by atoms with Gasteiger partial charge in [0.05, 0.1) is 11.3 Å². The number of hydrogen-bond acceptors (Lipinski definition) is 4. The van der Waals surface area contributed by atoms with Crippen molar-refractivity contribution in [1.82, 2.24) is 10.3 Å². The van der Waals surface area contributed by atoms with Gasteiger partial charge >= 0.3 is 0 Å². The molecule has 0 fully saturated rings. The van der Waals surface area contributed by atoms with Gasteiger partial charge in [-0.05, 0) is 30.5 Å². The number of hydrogen-bond donors (Lipinski definition) is 3. The normalized spacial score (nSPS) is 15.8. The van der Waals surface area contributed by atoms with Crippen molar-refractivity contribution in [1.29, 1.82) is 0 Å². The van der Waals surface area contributed by atoms with Gasteiger partial charge in [0.1, 0.15) is 0 Å². The number of aromatic nitrogens is 1. The Kier molecular flexibility index (Phi) is 3.58. The summed E-state index contributed by atoms with van der Waals surface area (Å²) in [5, 5.41) is 2.96. The summed E-state index contributed by atoms with van der Waals surface area (Å²) in [6, 6.07) is 10.1. The molecule has 4 N–H and O–H groups in total. The van der Waals surface area contributed by atoms with Crippen LogP contribution in [0.5, 0.6) is 0 Å². The molecule has 0 aliphatic heterocycles. The number of nitrogens with two attached hydrogens (primary N) is 1. The fourth-order valence-corrected chi connectivity index (χ4v) is 2.72. The Labute approximate surface area is 123 Å². The first-order valence-corrected chi connectivity index (χ1v) is 6.98. The molecular weight excluding hydrogens is 264 g/mol. The van der Waals surface area contributed by atoms with E-state index in [9.17, 15) is 4.79 Å². The van der Waals surface area contributed by atoms with Crippen molar-refractivity contribution in [3.63, 3.8) is 0 Å². The van der Waals surface area contributed by atoms with Gasteiger partial charge in [-0.25, -0.2) is 0 Å². The zero-order chi connectivity index (χ0) is 14.8. The largest absolute Gasteiger partial charge is 0.351 e. The van der Waals surface area contributed by atoms with Gasteiger partial charge in [0, 0.05) is 24.4 Å². The van der Waals surface area contributed by atoms with Crippen LogP contribution in [0.1, 0.15) is 33.1 Å². The first-order valence-electron chi connectivity index (χ1n) is 6.98. The molecule has 5 nitrogen and oxygen atoms in total. The molecule has 1 unspecified atom stereocenters. The molecule has 1 aromatic heterocycles. The Hall–Kier alpha value is -2.40. The maximum atomic E-state index is 12.2. The molecule has 1 amide bonds. The number of nitrogens with one attached hydrogen (secondary N) is 2. The van der Waals surface area contributed by atoms with E-state index in [-0.39, 0.29) is 5.91 Å². The lowest BCUT2D eigenvalue weighted by Gasteiger charge is -2.30. The van der Waals surface area contributed by atoms with Crippen LogP contribution in [0.2, 0.25) is 0 Å². The number of benzene rings is 1. The maximum absolute atomic E-state index is 12.2. The Morgan fingerprint density at radius 3 is 3.00 bits per heavy atom. The molecule has 21 heavy (non-hydrogen) atoms. The van der Waals surface area contributed by atoms with E-state index in [2.05, 4.69) is 27.9 Å². The molecule has 1 atom stereocenters. The lowest BCUT2D eigenvalue weighted by atomic mass is 9.77. The molecule has 1 aliphatic carbocycles. The fourth-order valence-electron chi connectivity index (χ4n) is 2.72. The van der Waals surface area contributed by atoms with Crippen LogP contribution in [0.25, 0.3) is 0 Å². The molecule has 3 rings (SSSR count). The maximum Gasteiger partial charge on any atom is 0.255 e. The zero-order valence-corrected chi connectivity index (χ0v) is 11.9. The van der Waals surface area contributed by atoms with E-state index in [1.807, 2.05) is 19.1 Å². The van der Waals surface area contributed by atoms with Crippen molar-refractivity contribution < 1.29 is 4.79 Å². The van der Waals surface area contributed by atoms with E-state index in [1.54, 1.807) is 12.3 Å². The number of pyridine rings is 1. The van der Waals surface area contributed by atoms with Crippen LogP contribution in [-0.4, -0.2) is 17.4 Å². The highest BCUT2D eigenvalue weighted by molar-refractivity contribution is 5.99. The summed E-state index contributed by atoms with van der Waals surface area (Å²) in [5.74, 6) is 5.70. The smallest absolute Gasteiger partial charge is 0.255 e. The van der Waals surface area contributed by atoms with Crippen LogP contribution in [0.4, 0.5) is 5.69 Å². The summed E-state index contributed by atoms with van der Waals surface area (Å²) < 4.78 is 0. The zero-order valence-electron chi connectivity index (χ0n) is 11.9. The number of fused-ring (bicyclic) bond motifs is 1. The third kappa shape index (κ3) is 2.60. The molecule has 2 aromatic rings. The topological polar surface area (TPSA) is 80.0 Å². The van der Waals surface area contributed by atoms with E-state index < -0.39 is 0 Å². The van der Waals surface area contributed by atoms with E-state index in [0.717, 1.165) is 12.1 Å². The first-order chi connectivity index (χ1) is 10.2. The third-order valence-corrected chi connectivity index (χ3v) is 3.91. The van der Waals surface area contributed by atoms with Crippen LogP contribution in [-0.2, 0) is 6.42 Å². The van der Waals surface area contributed by atoms with Crippen LogP contribution < -0.4 is 16.6 Å². The van der Waals surface area contributed by atoms with Crippen LogP contribution >= 0.6 is 0 Å². The van der Waals surface area contributed by atoms with Gasteiger partial charge in [0.2, 0.25) is 0 Å². The number of amides is 1. The second-order valence-corrected chi connectivity index (χ2v) is 5.33. The SMILES string of the molecule is Cc1cc(NN)c(C(=O)NCC2Cc3ccccc32)cn1. The average molecular weight is 282 g/mol. The Morgan fingerprint density at radius 1 is 1.43 bits per heavy atom. The fraction of sp³-hybridized carbons (Fsp3) is 0.250. The van der Waals surface area contributed by atoms with Crippen molar-refractivity contribution in [2.75, 3.05) is 12.0 Å². The number of anilines is 1. The molecule has 1 aliphatic rings. The highest BCUT2D eigenvalue weighted by atomic mass is 16.1. The van der Waals surface area contributed by atoms with Crippen molar-refractivity contribution in [2.24, 2.45) is 5.84 Å². The van der Waals surface area contributed by atoms with Gasteiger partial charge in [-0.15, -0.1) is 0 Å². The van der Waals surface area contributed by atoms with Gasteiger partial charge in [-0.1, -0.05) is 24.3 Å². The summed E-state index contributed by atoms with van der Waals surface area (Å²) in [4.78, 5) is 16.4. The molecule has 0 spiro atoms. The molecule has 0 saturated heterocycles. The van der Waals surface area contributed by atoms with Gasteiger partial charge in [-0.3, -0.25) is 15.6 Å². The number of aryl methyl sites for hydroxylation is 1. The molecule has 0 radical (unpaired) electrons. The minimum absolute atomic E-state index is 0.153. The van der Waals surface area contributed by atoms with E-state index in [4.69, 9.17) is 5.84 Å². The molecule has 108 valence electrons. The Bertz CT molecular complexity index is 684.